The molecule has 0 atom stereocenters. The van der Waals surface area contributed by atoms with Crippen LogP contribution in [0, 0.1) is 0 Å². The van der Waals surface area contributed by atoms with Crippen molar-refractivity contribution >= 4 is 34.2 Å². The number of nitrogen functional groups attached to an aromatic ring is 1. The number of nitrogens with two attached hydrogens (primary N) is 1. The summed E-state index contributed by atoms with van der Waals surface area (Å²) in [4.78, 5) is 24.0. The van der Waals surface area contributed by atoms with Gasteiger partial charge in [-0.3, -0.25) is 4.79 Å². The highest BCUT2D eigenvalue weighted by atomic mass is 16.5. The minimum absolute atomic E-state index is 0.0608. The first-order valence-electron chi connectivity index (χ1n) is 7.45. The minimum atomic E-state index is -0.451. The number of fused-ring (bicyclic) bond motifs is 1. The quantitative estimate of drug-likeness (QED) is 0.717. The number of hydrogen-bond acceptors (Lipinski definition) is 5. The molecule has 1 aromatic heterocycles. The van der Waals surface area contributed by atoms with Crippen LogP contribution in [0.1, 0.15) is 27.8 Å². The molecule has 0 saturated heterocycles. The number of benzene rings is 2. The van der Waals surface area contributed by atoms with Gasteiger partial charge in [0.25, 0.3) is 5.91 Å². The predicted molar refractivity (Wildman–Crippen MR) is 91.0 cm³/mol. The summed E-state index contributed by atoms with van der Waals surface area (Å²) in [6, 6.07) is 13.6. The van der Waals surface area contributed by atoms with Crippen molar-refractivity contribution in [3.8, 4) is 0 Å². The molecule has 6 nitrogen and oxygen atoms in total. The molecule has 2 aromatic carbocycles. The zero-order chi connectivity index (χ0) is 17.1. The molecule has 0 unspecified atom stereocenters. The highest BCUT2D eigenvalue weighted by Crippen LogP contribution is 2.28. The van der Waals surface area contributed by atoms with Gasteiger partial charge in [0.15, 0.2) is 0 Å². The van der Waals surface area contributed by atoms with Gasteiger partial charge < -0.3 is 20.2 Å². The topological polar surface area (TPSA) is 94.6 Å². The Morgan fingerprint density at radius 1 is 1.12 bits per heavy atom. The Morgan fingerprint density at radius 2 is 1.83 bits per heavy atom. The van der Waals surface area contributed by atoms with E-state index < -0.39 is 11.9 Å². The Labute approximate surface area is 138 Å². The van der Waals surface area contributed by atoms with Crippen molar-refractivity contribution in [3.05, 3.63) is 59.9 Å². The molecule has 1 amide bonds. The molecule has 3 aromatic rings. The fraction of sp³-hybridized carbons (Fsp3) is 0.111. The lowest BCUT2D eigenvalue weighted by atomic mass is 10.2. The van der Waals surface area contributed by atoms with Gasteiger partial charge in [-0.25, -0.2) is 4.79 Å². The number of nitrogens with one attached hydrogen (secondary N) is 1. The van der Waals surface area contributed by atoms with Gasteiger partial charge >= 0.3 is 5.97 Å². The Kier molecular flexibility index (Phi) is 4.20. The Bertz CT molecular complexity index is 897. The van der Waals surface area contributed by atoms with E-state index in [1.54, 1.807) is 49.4 Å². The van der Waals surface area contributed by atoms with Crippen LogP contribution in [0.25, 0.3) is 11.0 Å². The molecule has 122 valence electrons. The number of esters is 1. The average molecular weight is 324 g/mol. The molecule has 0 aliphatic rings. The van der Waals surface area contributed by atoms with E-state index in [0.717, 1.165) is 0 Å². The summed E-state index contributed by atoms with van der Waals surface area (Å²) in [5.74, 6) is -0.796. The maximum Gasteiger partial charge on any atom is 0.338 e. The third-order valence-corrected chi connectivity index (χ3v) is 3.49. The molecule has 0 fully saturated rings. The molecule has 0 aliphatic heterocycles. The molecule has 0 bridgehead atoms. The second-order valence-electron chi connectivity index (χ2n) is 5.09. The molecular formula is C18H16N2O4. The molecule has 3 N–H and O–H groups in total. The Hall–Kier alpha value is -3.28. The lowest BCUT2D eigenvalue weighted by molar-refractivity contribution is 0.0526. The number of carbonyl (C=O) groups is 2. The van der Waals surface area contributed by atoms with Crippen LogP contribution in [0.2, 0.25) is 0 Å². The van der Waals surface area contributed by atoms with Gasteiger partial charge in [0.2, 0.25) is 5.76 Å². The van der Waals surface area contributed by atoms with Gasteiger partial charge in [-0.2, -0.15) is 0 Å². The molecule has 0 aliphatic carbocycles. The van der Waals surface area contributed by atoms with Crippen LogP contribution in [0.5, 0.6) is 0 Å². The van der Waals surface area contributed by atoms with E-state index >= 15 is 0 Å². The second kappa shape index (κ2) is 6.45. The lowest BCUT2D eigenvalue weighted by Crippen LogP contribution is -2.13. The van der Waals surface area contributed by atoms with Crippen LogP contribution in [-0.4, -0.2) is 18.5 Å². The number of anilines is 2. The molecule has 0 radical (unpaired) electrons. The highest BCUT2D eigenvalue weighted by Gasteiger charge is 2.18. The summed E-state index contributed by atoms with van der Waals surface area (Å²) in [6.07, 6.45) is 0. The van der Waals surface area contributed by atoms with E-state index in [1.807, 2.05) is 6.07 Å². The summed E-state index contributed by atoms with van der Waals surface area (Å²) >= 11 is 0. The first-order valence-corrected chi connectivity index (χ1v) is 7.45. The van der Waals surface area contributed by atoms with Crippen molar-refractivity contribution in [1.29, 1.82) is 0 Å². The maximum absolute atomic E-state index is 12.3. The van der Waals surface area contributed by atoms with Crippen molar-refractivity contribution in [2.24, 2.45) is 0 Å². The number of hydrogen-bond donors (Lipinski definition) is 2. The number of para-hydroxylation sites is 1. The van der Waals surface area contributed by atoms with Crippen LogP contribution >= 0.6 is 0 Å². The van der Waals surface area contributed by atoms with Gasteiger partial charge in [-0.1, -0.05) is 12.1 Å². The van der Waals surface area contributed by atoms with Crippen LogP contribution < -0.4 is 11.1 Å². The predicted octanol–water partition coefficient (Wildman–Crippen LogP) is 3.44. The first-order chi connectivity index (χ1) is 11.6. The smallest absolute Gasteiger partial charge is 0.338 e. The molecule has 6 heteroatoms. The number of ether oxygens (including phenoxy) is 1. The Balaban J connectivity index is 1.79. The van der Waals surface area contributed by atoms with Gasteiger partial charge in [0.1, 0.15) is 5.58 Å². The van der Waals surface area contributed by atoms with Gasteiger partial charge in [0.05, 0.1) is 17.9 Å². The van der Waals surface area contributed by atoms with Crippen molar-refractivity contribution in [2.75, 3.05) is 17.7 Å². The van der Waals surface area contributed by atoms with E-state index in [1.165, 1.54) is 0 Å². The van der Waals surface area contributed by atoms with Gasteiger partial charge in [-0.15, -0.1) is 0 Å². The largest absolute Gasteiger partial charge is 0.462 e. The number of rotatable bonds is 4. The van der Waals surface area contributed by atoms with E-state index in [0.29, 0.717) is 34.5 Å². The Morgan fingerprint density at radius 3 is 2.50 bits per heavy atom. The number of carbonyl (C=O) groups excluding carboxylic acids is 2. The molecule has 0 saturated carbocycles. The fourth-order valence-electron chi connectivity index (χ4n) is 2.33. The number of amides is 1. The highest BCUT2D eigenvalue weighted by molar-refractivity contribution is 6.11. The second-order valence-corrected chi connectivity index (χ2v) is 5.09. The summed E-state index contributed by atoms with van der Waals surface area (Å²) in [6.45, 7) is 2.05. The zero-order valence-electron chi connectivity index (χ0n) is 13.0. The summed E-state index contributed by atoms with van der Waals surface area (Å²) in [5.41, 5.74) is 7.76. The fourth-order valence-corrected chi connectivity index (χ4v) is 2.33. The van der Waals surface area contributed by atoms with Gasteiger partial charge in [0, 0.05) is 11.1 Å². The van der Waals surface area contributed by atoms with Crippen molar-refractivity contribution in [1.82, 2.24) is 0 Å². The summed E-state index contributed by atoms with van der Waals surface area (Å²) in [7, 11) is 0. The molecule has 3 rings (SSSR count). The van der Waals surface area contributed by atoms with Gasteiger partial charge in [-0.05, 0) is 43.3 Å². The SMILES string of the molecule is CCOC(=O)c1ccc(NC(=O)c2oc3ccccc3c2N)cc1. The van der Waals surface area contributed by atoms with Crippen molar-refractivity contribution in [2.45, 2.75) is 6.92 Å². The monoisotopic (exact) mass is 324 g/mol. The summed E-state index contributed by atoms with van der Waals surface area (Å²) < 4.78 is 10.4. The lowest BCUT2D eigenvalue weighted by Gasteiger charge is -2.05. The van der Waals surface area contributed by atoms with Crippen molar-refractivity contribution < 1.29 is 18.7 Å². The summed E-state index contributed by atoms with van der Waals surface area (Å²) in [5, 5.41) is 3.39. The first kappa shape index (κ1) is 15.6. The molecule has 0 spiro atoms. The van der Waals surface area contributed by atoms with E-state index in [2.05, 4.69) is 5.32 Å². The standard InChI is InChI=1S/C18H16N2O4/c1-2-23-18(22)11-7-9-12(10-8-11)20-17(21)16-15(19)13-5-3-4-6-14(13)24-16/h3-10H,2,19H2,1H3,(H,20,21). The molecule has 1 heterocycles. The van der Waals surface area contributed by atoms with Crippen LogP contribution in [0.4, 0.5) is 11.4 Å². The molecular weight excluding hydrogens is 308 g/mol. The normalized spacial score (nSPS) is 10.5. The van der Waals surface area contributed by atoms with Crippen LogP contribution in [0.15, 0.2) is 52.9 Å². The zero-order valence-corrected chi connectivity index (χ0v) is 13.0. The minimum Gasteiger partial charge on any atom is -0.462 e. The molecule has 24 heavy (non-hydrogen) atoms. The van der Waals surface area contributed by atoms with E-state index in [-0.39, 0.29) is 5.76 Å². The third-order valence-electron chi connectivity index (χ3n) is 3.49. The van der Waals surface area contributed by atoms with E-state index in [4.69, 9.17) is 14.9 Å². The van der Waals surface area contributed by atoms with Crippen LogP contribution in [0.3, 0.4) is 0 Å². The van der Waals surface area contributed by atoms with Crippen molar-refractivity contribution in [3.63, 3.8) is 0 Å². The number of furan rings is 1. The average Bonchev–Trinajstić information content (AvgIpc) is 2.93. The third kappa shape index (κ3) is 2.94. The maximum atomic E-state index is 12.3. The van der Waals surface area contributed by atoms with E-state index in [9.17, 15) is 9.59 Å². The van der Waals surface area contributed by atoms with Crippen LogP contribution in [-0.2, 0) is 4.74 Å².